The van der Waals surface area contributed by atoms with E-state index in [1.165, 1.54) is 0 Å². The minimum absolute atomic E-state index is 0.0000400. The second kappa shape index (κ2) is 10.2. The Balaban J connectivity index is 2.00. The predicted molar refractivity (Wildman–Crippen MR) is 114 cm³/mol. The Morgan fingerprint density at radius 1 is 0.828 bits per heavy atom. The lowest BCUT2D eigenvalue weighted by molar-refractivity contribution is -0.116. The summed E-state index contributed by atoms with van der Waals surface area (Å²) in [4.78, 5) is 0. The first-order valence-corrected chi connectivity index (χ1v) is 9.82. The van der Waals surface area contributed by atoms with Crippen LogP contribution in [0.25, 0.3) is 0 Å². The Hall–Kier alpha value is -2.66. The van der Waals surface area contributed by atoms with Crippen molar-refractivity contribution in [2.24, 2.45) is 0 Å². The summed E-state index contributed by atoms with van der Waals surface area (Å²) in [7, 11) is 1.64. The molecule has 0 amide bonds. The highest BCUT2D eigenvalue weighted by Gasteiger charge is 2.42. The monoisotopic (exact) mass is 392 g/mol. The van der Waals surface area contributed by atoms with Crippen molar-refractivity contribution in [1.29, 1.82) is 0 Å². The molecule has 0 fully saturated rings. The van der Waals surface area contributed by atoms with Crippen molar-refractivity contribution in [2.45, 2.75) is 24.5 Å². The molecule has 0 aliphatic carbocycles. The van der Waals surface area contributed by atoms with E-state index in [0.29, 0.717) is 13.0 Å². The molecule has 0 aliphatic heterocycles. The van der Waals surface area contributed by atoms with E-state index < -0.39 is 5.60 Å². The predicted octanol–water partition coefficient (Wildman–Crippen LogP) is 4.27. The van der Waals surface area contributed by atoms with Crippen LogP contribution in [0.1, 0.15) is 29.0 Å². The van der Waals surface area contributed by atoms with Crippen LogP contribution in [0.4, 0.5) is 0 Å². The van der Waals surface area contributed by atoms with Crippen molar-refractivity contribution < 1.29 is 19.7 Å². The van der Waals surface area contributed by atoms with Crippen molar-refractivity contribution >= 4 is 0 Å². The average molecular weight is 392 g/mol. The van der Waals surface area contributed by atoms with E-state index in [4.69, 9.17) is 9.47 Å². The van der Waals surface area contributed by atoms with Gasteiger partial charge in [0.05, 0.1) is 20.3 Å². The number of methoxy groups -OCH3 is 1. The quantitative estimate of drug-likeness (QED) is 0.541. The van der Waals surface area contributed by atoms with E-state index >= 15 is 0 Å². The van der Waals surface area contributed by atoms with Gasteiger partial charge in [0.15, 0.2) is 0 Å². The van der Waals surface area contributed by atoms with Gasteiger partial charge in [-0.15, -0.1) is 0 Å². The van der Waals surface area contributed by atoms with Gasteiger partial charge in [-0.2, -0.15) is 0 Å². The van der Waals surface area contributed by atoms with Crippen molar-refractivity contribution in [3.8, 4) is 5.75 Å². The molecule has 0 spiro atoms. The van der Waals surface area contributed by atoms with Gasteiger partial charge in [-0.05, 0) is 35.2 Å². The third kappa shape index (κ3) is 4.85. The molecule has 3 aromatic rings. The van der Waals surface area contributed by atoms with E-state index in [1.807, 2.05) is 84.9 Å². The van der Waals surface area contributed by atoms with E-state index in [-0.39, 0.29) is 19.1 Å². The summed E-state index contributed by atoms with van der Waals surface area (Å²) in [6, 6.07) is 27.4. The Kier molecular flexibility index (Phi) is 7.42. The minimum atomic E-state index is -0.981. The van der Waals surface area contributed by atoms with Gasteiger partial charge in [0.1, 0.15) is 11.4 Å². The lowest BCUT2D eigenvalue weighted by Crippen LogP contribution is -2.41. The van der Waals surface area contributed by atoms with E-state index in [2.05, 4.69) is 0 Å². The van der Waals surface area contributed by atoms with Crippen LogP contribution < -0.4 is 4.74 Å². The van der Waals surface area contributed by atoms with Crippen LogP contribution in [0.2, 0.25) is 0 Å². The topological polar surface area (TPSA) is 58.9 Å². The largest absolute Gasteiger partial charge is 0.497 e. The number of benzene rings is 3. The minimum Gasteiger partial charge on any atom is -0.497 e. The fraction of sp³-hybridized carbons (Fsp3) is 0.280. The van der Waals surface area contributed by atoms with E-state index in [9.17, 15) is 10.2 Å². The second-order valence-electron chi connectivity index (χ2n) is 7.03. The van der Waals surface area contributed by atoms with Crippen molar-refractivity contribution in [2.75, 3.05) is 20.3 Å². The molecular formula is C25H28O4. The number of ether oxygens (including phenoxy) is 2. The first kappa shape index (κ1) is 21.1. The third-order valence-electron chi connectivity index (χ3n) is 5.34. The smallest absolute Gasteiger partial charge is 0.123 e. The number of aliphatic hydroxyl groups is 2. The highest BCUT2D eigenvalue weighted by Crippen LogP contribution is 2.43. The van der Waals surface area contributed by atoms with Crippen LogP contribution in [0.3, 0.4) is 0 Å². The van der Waals surface area contributed by atoms with Gasteiger partial charge >= 0.3 is 0 Å². The molecule has 2 atom stereocenters. The zero-order valence-electron chi connectivity index (χ0n) is 16.7. The van der Waals surface area contributed by atoms with Gasteiger partial charge in [-0.25, -0.2) is 0 Å². The molecular weight excluding hydrogens is 364 g/mol. The molecule has 2 N–H and O–H groups in total. The van der Waals surface area contributed by atoms with Crippen LogP contribution >= 0.6 is 0 Å². The summed E-state index contributed by atoms with van der Waals surface area (Å²) in [6.07, 6.45) is 0.474. The Labute approximate surface area is 172 Å². The van der Waals surface area contributed by atoms with Gasteiger partial charge < -0.3 is 19.7 Å². The summed E-state index contributed by atoms with van der Waals surface area (Å²) in [5, 5.41) is 20.4. The lowest BCUT2D eigenvalue weighted by atomic mass is 9.75. The maximum absolute atomic E-state index is 10.6. The Bertz CT molecular complexity index is 849. The molecule has 0 radical (unpaired) electrons. The van der Waals surface area contributed by atoms with Crippen LogP contribution in [0.5, 0.6) is 5.75 Å². The van der Waals surface area contributed by atoms with Gasteiger partial charge in [-0.1, -0.05) is 72.8 Å². The standard InChI is InChI=1S/C25H28O4/c1-28-23-14-12-20(13-15-23)18-29-25(19-27,22-10-6-3-7-11-22)24(16-17-26)21-8-4-2-5-9-21/h2-15,24,26-27H,16-19H2,1H3/t24-,25-/m0/s1. The molecule has 152 valence electrons. The number of aliphatic hydroxyl groups excluding tert-OH is 2. The normalized spacial score (nSPS) is 14.2. The molecule has 0 saturated carbocycles. The molecule has 0 bridgehead atoms. The average Bonchev–Trinajstić information content (AvgIpc) is 2.80. The Morgan fingerprint density at radius 2 is 1.45 bits per heavy atom. The summed E-state index contributed by atoms with van der Waals surface area (Å²) in [5.41, 5.74) is 1.91. The van der Waals surface area contributed by atoms with Gasteiger partial charge in [0.25, 0.3) is 0 Å². The molecule has 0 heterocycles. The summed E-state index contributed by atoms with van der Waals surface area (Å²) >= 11 is 0. The molecule has 0 aliphatic rings. The SMILES string of the molecule is COc1ccc(CO[C@@](CO)(c2ccccc2)[C@@H](CCO)c2ccccc2)cc1. The third-order valence-corrected chi connectivity index (χ3v) is 5.34. The fourth-order valence-corrected chi connectivity index (χ4v) is 3.77. The Morgan fingerprint density at radius 3 is 2.00 bits per heavy atom. The van der Waals surface area contributed by atoms with Crippen LogP contribution in [-0.4, -0.2) is 30.5 Å². The summed E-state index contributed by atoms with van der Waals surface area (Å²) in [5.74, 6) is 0.576. The van der Waals surface area contributed by atoms with Gasteiger partial charge in [0, 0.05) is 12.5 Å². The van der Waals surface area contributed by atoms with Crippen LogP contribution in [-0.2, 0) is 16.9 Å². The maximum atomic E-state index is 10.6. The number of hydrogen-bond acceptors (Lipinski definition) is 4. The second-order valence-corrected chi connectivity index (χ2v) is 7.03. The molecule has 29 heavy (non-hydrogen) atoms. The molecule has 0 aromatic heterocycles. The van der Waals surface area contributed by atoms with Gasteiger partial charge in [0.2, 0.25) is 0 Å². The molecule has 0 unspecified atom stereocenters. The highest BCUT2D eigenvalue weighted by molar-refractivity contribution is 5.33. The molecule has 3 rings (SSSR count). The van der Waals surface area contributed by atoms with Crippen molar-refractivity contribution in [3.05, 3.63) is 102 Å². The van der Waals surface area contributed by atoms with E-state index in [1.54, 1.807) is 7.11 Å². The van der Waals surface area contributed by atoms with Crippen LogP contribution in [0, 0.1) is 0 Å². The zero-order chi connectivity index (χ0) is 20.5. The number of hydrogen-bond donors (Lipinski definition) is 2. The molecule has 3 aromatic carbocycles. The lowest BCUT2D eigenvalue weighted by Gasteiger charge is -2.40. The van der Waals surface area contributed by atoms with Crippen molar-refractivity contribution in [3.63, 3.8) is 0 Å². The molecule has 0 saturated heterocycles. The van der Waals surface area contributed by atoms with E-state index in [0.717, 1.165) is 22.4 Å². The highest BCUT2D eigenvalue weighted by atomic mass is 16.5. The fourth-order valence-electron chi connectivity index (χ4n) is 3.77. The first-order valence-electron chi connectivity index (χ1n) is 9.82. The molecule has 4 heteroatoms. The van der Waals surface area contributed by atoms with Crippen LogP contribution in [0.15, 0.2) is 84.9 Å². The maximum Gasteiger partial charge on any atom is 0.123 e. The number of rotatable bonds is 10. The first-order chi connectivity index (χ1) is 14.2. The van der Waals surface area contributed by atoms with Crippen molar-refractivity contribution in [1.82, 2.24) is 0 Å². The molecule has 4 nitrogen and oxygen atoms in total. The zero-order valence-corrected chi connectivity index (χ0v) is 16.7. The van der Waals surface area contributed by atoms with Gasteiger partial charge in [-0.3, -0.25) is 0 Å². The summed E-state index contributed by atoms with van der Waals surface area (Å²) in [6.45, 7) is 0.126. The summed E-state index contributed by atoms with van der Waals surface area (Å²) < 4.78 is 11.7.